The molecular weight excluding hydrogens is 252 g/mol. The lowest BCUT2D eigenvalue weighted by Crippen LogP contribution is -2.47. The Hall–Kier alpha value is -1.68. The highest BCUT2D eigenvalue weighted by molar-refractivity contribution is 6.19. The van der Waals surface area contributed by atoms with Crippen LogP contribution in [0.15, 0.2) is 18.2 Å². The largest absolute Gasteiger partial charge is 0.312 e. The molecule has 104 valence electrons. The van der Waals surface area contributed by atoms with E-state index in [0.29, 0.717) is 0 Å². The standard InChI is InChI=1S/C16H18N2O2/c19-15-10-4-5-11(8-10)16(20)18(15)14-3-1-2-12-9-17-7-6-13(12)14/h1-3,10-11,17H,4-9H2. The van der Waals surface area contributed by atoms with Crippen molar-refractivity contribution in [2.24, 2.45) is 11.8 Å². The van der Waals surface area contributed by atoms with Gasteiger partial charge in [-0.25, -0.2) is 4.90 Å². The number of rotatable bonds is 1. The molecule has 0 radical (unpaired) electrons. The van der Waals surface area contributed by atoms with Crippen molar-refractivity contribution in [2.75, 3.05) is 11.4 Å². The maximum atomic E-state index is 12.6. The number of nitrogens with zero attached hydrogens (tertiary/aromatic N) is 1. The van der Waals surface area contributed by atoms with Gasteiger partial charge in [0.2, 0.25) is 11.8 Å². The molecule has 2 aliphatic heterocycles. The van der Waals surface area contributed by atoms with Gasteiger partial charge in [0.25, 0.3) is 0 Å². The molecule has 2 amide bonds. The van der Waals surface area contributed by atoms with Gasteiger partial charge in [-0.15, -0.1) is 0 Å². The van der Waals surface area contributed by atoms with Gasteiger partial charge >= 0.3 is 0 Å². The molecule has 0 aromatic heterocycles. The lowest BCUT2D eigenvalue weighted by atomic mass is 9.93. The number of carbonyl (C=O) groups excluding carboxylic acids is 2. The second-order valence-electron chi connectivity index (χ2n) is 6.06. The minimum atomic E-state index is 0.0238. The van der Waals surface area contributed by atoms with Crippen LogP contribution in [0.25, 0.3) is 0 Å². The molecule has 2 bridgehead atoms. The summed E-state index contributed by atoms with van der Waals surface area (Å²) in [6.45, 7) is 1.74. The Morgan fingerprint density at radius 2 is 1.85 bits per heavy atom. The van der Waals surface area contributed by atoms with Crippen LogP contribution in [0.2, 0.25) is 0 Å². The summed E-state index contributed by atoms with van der Waals surface area (Å²) in [7, 11) is 0. The van der Waals surface area contributed by atoms with Crippen LogP contribution >= 0.6 is 0 Å². The molecule has 1 aliphatic carbocycles. The molecule has 4 heteroatoms. The first-order valence-electron chi connectivity index (χ1n) is 7.45. The first kappa shape index (κ1) is 12.1. The van der Waals surface area contributed by atoms with Crippen LogP contribution < -0.4 is 10.2 Å². The Balaban J connectivity index is 1.80. The number of carbonyl (C=O) groups is 2. The summed E-state index contributed by atoms with van der Waals surface area (Å²) in [6.07, 6.45) is 3.41. The van der Waals surface area contributed by atoms with Crippen molar-refractivity contribution in [3.63, 3.8) is 0 Å². The zero-order valence-electron chi connectivity index (χ0n) is 11.4. The van der Waals surface area contributed by atoms with Gasteiger partial charge in [-0.1, -0.05) is 12.1 Å². The average molecular weight is 270 g/mol. The molecule has 2 unspecified atom stereocenters. The van der Waals surface area contributed by atoms with E-state index in [9.17, 15) is 9.59 Å². The van der Waals surface area contributed by atoms with E-state index in [1.807, 2.05) is 12.1 Å². The molecule has 3 aliphatic rings. The molecule has 1 aromatic rings. The van der Waals surface area contributed by atoms with Crippen LogP contribution in [-0.4, -0.2) is 18.4 Å². The Morgan fingerprint density at radius 3 is 2.60 bits per heavy atom. The number of piperidine rings is 1. The summed E-state index contributed by atoms with van der Waals surface area (Å²) in [4.78, 5) is 26.6. The van der Waals surface area contributed by atoms with Crippen molar-refractivity contribution in [2.45, 2.75) is 32.2 Å². The third-order valence-corrected chi connectivity index (χ3v) is 4.93. The number of hydrogen-bond acceptors (Lipinski definition) is 3. The van der Waals surface area contributed by atoms with E-state index in [0.717, 1.165) is 44.5 Å². The number of nitrogens with one attached hydrogen (secondary N) is 1. The molecule has 1 saturated carbocycles. The minimum Gasteiger partial charge on any atom is -0.312 e. The van der Waals surface area contributed by atoms with Gasteiger partial charge < -0.3 is 5.32 Å². The molecule has 1 N–H and O–H groups in total. The Morgan fingerprint density at radius 1 is 1.10 bits per heavy atom. The first-order chi connectivity index (χ1) is 9.75. The van der Waals surface area contributed by atoms with Crippen molar-refractivity contribution < 1.29 is 9.59 Å². The highest BCUT2D eigenvalue weighted by Gasteiger charge is 2.46. The zero-order chi connectivity index (χ0) is 13.7. The van der Waals surface area contributed by atoms with E-state index in [4.69, 9.17) is 0 Å². The average Bonchev–Trinajstić information content (AvgIpc) is 2.93. The van der Waals surface area contributed by atoms with E-state index in [1.165, 1.54) is 16.0 Å². The maximum Gasteiger partial charge on any atom is 0.236 e. The van der Waals surface area contributed by atoms with E-state index in [2.05, 4.69) is 11.4 Å². The second-order valence-corrected chi connectivity index (χ2v) is 6.06. The summed E-state index contributed by atoms with van der Waals surface area (Å²) < 4.78 is 0. The van der Waals surface area contributed by atoms with E-state index in [1.54, 1.807) is 0 Å². The predicted octanol–water partition coefficient (Wildman–Crippen LogP) is 1.62. The van der Waals surface area contributed by atoms with E-state index >= 15 is 0 Å². The van der Waals surface area contributed by atoms with Crippen molar-refractivity contribution in [3.05, 3.63) is 29.3 Å². The fourth-order valence-electron chi connectivity index (χ4n) is 3.86. The number of fused-ring (bicyclic) bond motifs is 3. The molecule has 4 rings (SSSR count). The van der Waals surface area contributed by atoms with Crippen LogP contribution in [0.5, 0.6) is 0 Å². The molecule has 0 spiro atoms. The number of imide groups is 1. The predicted molar refractivity (Wildman–Crippen MR) is 75.2 cm³/mol. The van der Waals surface area contributed by atoms with Crippen LogP contribution in [-0.2, 0) is 22.6 Å². The van der Waals surface area contributed by atoms with Gasteiger partial charge in [-0.2, -0.15) is 0 Å². The monoisotopic (exact) mass is 270 g/mol. The molecule has 2 heterocycles. The number of amides is 2. The van der Waals surface area contributed by atoms with E-state index in [-0.39, 0.29) is 23.7 Å². The smallest absolute Gasteiger partial charge is 0.236 e. The van der Waals surface area contributed by atoms with Crippen LogP contribution in [0, 0.1) is 11.8 Å². The van der Waals surface area contributed by atoms with E-state index < -0.39 is 0 Å². The summed E-state index contributed by atoms with van der Waals surface area (Å²) in [5, 5.41) is 3.34. The summed E-state index contributed by atoms with van der Waals surface area (Å²) in [5.74, 6) is 0.178. The molecule has 1 aromatic carbocycles. The normalized spacial score (nSPS) is 28.7. The number of benzene rings is 1. The summed E-state index contributed by atoms with van der Waals surface area (Å²) in [5.41, 5.74) is 3.23. The van der Waals surface area contributed by atoms with Gasteiger partial charge in [0.15, 0.2) is 0 Å². The van der Waals surface area contributed by atoms with Crippen molar-refractivity contribution >= 4 is 17.5 Å². The fourth-order valence-corrected chi connectivity index (χ4v) is 3.86. The van der Waals surface area contributed by atoms with Crippen LogP contribution in [0.4, 0.5) is 5.69 Å². The Bertz CT molecular complexity index is 574. The zero-order valence-corrected chi connectivity index (χ0v) is 11.4. The lowest BCUT2D eigenvalue weighted by Gasteiger charge is -2.32. The van der Waals surface area contributed by atoms with Crippen molar-refractivity contribution in [3.8, 4) is 0 Å². The quantitative estimate of drug-likeness (QED) is 0.789. The molecule has 20 heavy (non-hydrogen) atoms. The minimum absolute atomic E-state index is 0.0238. The van der Waals surface area contributed by atoms with Gasteiger partial charge in [0.1, 0.15) is 0 Å². The third kappa shape index (κ3) is 1.64. The molecular formula is C16H18N2O2. The Labute approximate surface area is 118 Å². The highest BCUT2D eigenvalue weighted by Crippen LogP contribution is 2.41. The number of anilines is 1. The summed E-state index contributed by atoms with van der Waals surface area (Å²) >= 11 is 0. The Kier molecular flexibility index (Phi) is 2.67. The van der Waals surface area contributed by atoms with Gasteiger partial charge in [-0.3, -0.25) is 9.59 Å². The van der Waals surface area contributed by atoms with Crippen LogP contribution in [0.3, 0.4) is 0 Å². The maximum absolute atomic E-state index is 12.6. The van der Waals surface area contributed by atoms with Crippen LogP contribution in [0.1, 0.15) is 30.4 Å². The number of hydrogen-bond donors (Lipinski definition) is 1. The first-order valence-corrected chi connectivity index (χ1v) is 7.45. The molecule has 1 saturated heterocycles. The van der Waals surface area contributed by atoms with Crippen molar-refractivity contribution in [1.82, 2.24) is 5.32 Å². The van der Waals surface area contributed by atoms with Gasteiger partial charge in [-0.05, 0) is 49.4 Å². The topological polar surface area (TPSA) is 49.4 Å². The summed E-state index contributed by atoms with van der Waals surface area (Å²) in [6, 6.07) is 5.97. The highest BCUT2D eigenvalue weighted by atomic mass is 16.2. The molecule has 2 fully saturated rings. The van der Waals surface area contributed by atoms with Gasteiger partial charge in [0, 0.05) is 18.4 Å². The van der Waals surface area contributed by atoms with Crippen molar-refractivity contribution in [1.29, 1.82) is 0 Å². The fraction of sp³-hybridized carbons (Fsp3) is 0.500. The molecule has 4 nitrogen and oxygen atoms in total. The van der Waals surface area contributed by atoms with Gasteiger partial charge in [0.05, 0.1) is 5.69 Å². The molecule has 2 atom stereocenters. The third-order valence-electron chi connectivity index (χ3n) is 4.93. The lowest BCUT2D eigenvalue weighted by molar-refractivity contribution is -0.133. The SMILES string of the molecule is O=C1C2CCC(C2)C(=O)N1c1cccc2c1CCNC2. The second kappa shape index (κ2) is 4.42.